The summed E-state index contributed by atoms with van der Waals surface area (Å²) in [5.74, 6) is 3.45. The Bertz CT molecular complexity index is 402. The van der Waals surface area contributed by atoms with Gasteiger partial charge in [0.15, 0.2) is 5.16 Å². The Balaban J connectivity index is 2.06. The van der Waals surface area contributed by atoms with Gasteiger partial charge >= 0.3 is 0 Å². The second-order valence-electron chi connectivity index (χ2n) is 5.48. The zero-order valence-electron chi connectivity index (χ0n) is 12.2. The fraction of sp³-hybridized carbons (Fsp3) is 0.714. The molecule has 1 aromatic heterocycles. The van der Waals surface area contributed by atoms with Crippen LogP contribution in [0.5, 0.6) is 0 Å². The average molecular weight is 280 g/mol. The Morgan fingerprint density at radius 1 is 1.16 bits per heavy atom. The van der Waals surface area contributed by atoms with Gasteiger partial charge in [-0.2, -0.15) is 0 Å². The Kier molecular flexibility index (Phi) is 4.91. The standard InChI is InChI=1S/C14H24N4S/c1-9-5-6-11(7-10(9)2)16-13-8-12(15-3)17-14(18-13)19-4/h8-11H,5-7H2,1-4H3,(H2,15,16,17,18). The summed E-state index contributed by atoms with van der Waals surface area (Å²) in [7, 11) is 1.89. The van der Waals surface area contributed by atoms with Crippen LogP contribution < -0.4 is 10.6 Å². The van der Waals surface area contributed by atoms with Crippen molar-refractivity contribution in [1.29, 1.82) is 0 Å². The van der Waals surface area contributed by atoms with Gasteiger partial charge in [0.25, 0.3) is 0 Å². The number of hydrogen-bond donors (Lipinski definition) is 2. The molecule has 1 aliphatic rings. The van der Waals surface area contributed by atoms with Gasteiger partial charge in [0.2, 0.25) is 0 Å². The Labute approximate surface area is 120 Å². The van der Waals surface area contributed by atoms with Gasteiger partial charge < -0.3 is 10.6 Å². The molecule has 19 heavy (non-hydrogen) atoms. The highest BCUT2D eigenvalue weighted by Gasteiger charge is 2.24. The van der Waals surface area contributed by atoms with Crippen LogP contribution in [0, 0.1) is 11.8 Å². The highest BCUT2D eigenvalue weighted by molar-refractivity contribution is 7.98. The molecule has 0 spiro atoms. The SMILES string of the molecule is CNc1cc(NC2CCC(C)C(C)C2)nc(SC)n1. The summed E-state index contributed by atoms with van der Waals surface area (Å²) in [5.41, 5.74) is 0. The van der Waals surface area contributed by atoms with E-state index < -0.39 is 0 Å². The number of anilines is 2. The summed E-state index contributed by atoms with van der Waals surface area (Å²) >= 11 is 1.57. The van der Waals surface area contributed by atoms with E-state index in [1.807, 2.05) is 19.4 Å². The quantitative estimate of drug-likeness (QED) is 0.653. The molecule has 5 heteroatoms. The largest absolute Gasteiger partial charge is 0.373 e. The third-order valence-electron chi connectivity index (χ3n) is 4.09. The maximum Gasteiger partial charge on any atom is 0.191 e. The van der Waals surface area contributed by atoms with E-state index in [4.69, 9.17) is 0 Å². The fourth-order valence-electron chi connectivity index (χ4n) is 2.61. The van der Waals surface area contributed by atoms with Gasteiger partial charge in [-0.3, -0.25) is 0 Å². The third-order valence-corrected chi connectivity index (χ3v) is 4.64. The van der Waals surface area contributed by atoms with E-state index in [2.05, 4.69) is 34.4 Å². The lowest BCUT2D eigenvalue weighted by atomic mass is 9.79. The Hall–Kier alpha value is -0.970. The molecule has 3 unspecified atom stereocenters. The molecule has 0 amide bonds. The lowest BCUT2D eigenvalue weighted by molar-refractivity contribution is 0.260. The van der Waals surface area contributed by atoms with Gasteiger partial charge in [-0.25, -0.2) is 9.97 Å². The highest BCUT2D eigenvalue weighted by Crippen LogP contribution is 2.31. The molecule has 1 aromatic rings. The van der Waals surface area contributed by atoms with Crippen LogP contribution in [0.2, 0.25) is 0 Å². The van der Waals surface area contributed by atoms with Crippen molar-refractivity contribution in [3.63, 3.8) is 0 Å². The van der Waals surface area contributed by atoms with Crippen molar-refractivity contribution >= 4 is 23.4 Å². The first-order valence-electron chi connectivity index (χ1n) is 6.99. The maximum atomic E-state index is 4.54. The monoisotopic (exact) mass is 280 g/mol. The molecular formula is C14H24N4S. The minimum atomic E-state index is 0.542. The summed E-state index contributed by atoms with van der Waals surface area (Å²) < 4.78 is 0. The molecule has 1 heterocycles. The summed E-state index contributed by atoms with van der Waals surface area (Å²) in [6.07, 6.45) is 5.77. The number of aromatic nitrogens is 2. The molecule has 1 fully saturated rings. The lowest BCUT2D eigenvalue weighted by Crippen LogP contribution is -2.30. The number of nitrogens with zero attached hydrogens (tertiary/aromatic N) is 2. The van der Waals surface area contributed by atoms with Crippen molar-refractivity contribution in [1.82, 2.24) is 9.97 Å². The molecule has 1 saturated carbocycles. The second kappa shape index (κ2) is 6.46. The van der Waals surface area contributed by atoms with Gasteiger partial charge in [-0.1, -0.05) is 25.6 Å². The van der Waals surface area contributed by atoms with Crippen molar-refractivity contribution in [2.75, 3.05) is 23.9 Å². The number of thioether (sulfide) groups is 1. The smallest absolute Gasteiger partial charge is 0.191 e. The predicted molar refractivity (Wildman–Crippen MR) is 82.9 cm³/mol. The van der Waals surface area contributed by atoms with Crippen LogP contribution in [0.15, 0.2) is 11.2 Å². The van der Waals surface area contributed by atoms with Crippen LogP contribution >= 0.6 is 11.8 Å². The van der Waals surface area contributed by atoms with Crippen LogP contribution in [0.3, 0.4) is 0 Å². The topological polar surface area (TPSA) is 49.8 Å². The molecule has 1 aliphatic carbocycles. The van der Waals surface area contributed by atoms with Crippen molar-refractivity contribution in [2.24, 2.45) is 11.8 Å². The van der Waals surface area contributed by atoms with Crippen LogP contribution in [-0.4, -0.2) is 29.3 Å². The molecule has 0 radical (unpaired) electrons. The predicted octanol–water partition coefficient (Wildman–Crippen LogP) is 3.48. The lowest BCUT2D eigenvalue weighted by Gasteiger charge is -2.32. The summed E-state index contributed by atoms with van der Waals surface area (Å²) in [5, 5.41) is 7.48. The Morgan fingerprint density at radius 3 is 2.53 bits per heavy atom. The molecule has 2 N–H and O–H groups in total. The molecule has 3 atom stereocenters. The van der Waals surface area contributed by atoms with Crippen LogP contribution in [-0.2, 0) is 0 Å². The van der Waals surface area contributed by atoms with E-state index in [1.165, 1.54) is 19.3 Å². The molecular weight excluding hydrogens is 256 g/mol. The van der Waals surface area contributed by atoms with Gasteiger partial charge in [0.1, 0.15) is 11.6 Å². The van der Waals surface area contributed by atoms with Gasteiger partial charge in [0.05, 0.1) is 0 Å². The molecule has 0 bridgehead atoms. The first kappa shape index (κ1) is 14.4. The molecule has 0 aromatic carbocycles. The fourth-order valence-corrected chi connectivity index (χ4v) is 2.99. The first-order valence-corrected chi connectivity index (χ1v) is 8.22. The van der Waals surface area contributed by atoms with Gasteiger partial charge in [-0.15, -0.1) is 0 Å². The van der Waals surface area contributed by atoms with Crippen molar-refractivity contribution < 1.29 is 0 Å². The van der Waals surface area contributed by atoms with Crippen LogP contribution in [0.25, 0.3) is 0 Å². The van der Waals surface area contributed by atoms with E-state index in [9.17, 15) is 0 Å². The van der Waals surface area contributed by atoms with Crippen molar-refractivity contribution in [3.8, 4) is 0 Å². The van der Waals surface area contributed by atoms with Crippen LogP contribution in [0.1, 0.15) is 33.1 Å². The van der Waals surface area contributed by atoms with E-state index in [0.717, 1.165) is 28.6 Å². The molecule has 106 valence electrons. The minimum Gasteiger partial charge on any atom is -0.373 e. The average Bonchev–Trinajstić information content (AvgIpc) is 2.42. The summed E-state index contributed by atoms with van der Waals surface area (Å²) in [6, 6.07) is 2.53. The van der Waals surface area contributed by atoms with Crippen molar-refractivity contribution in [3.05, 3.63) is 6.07 Å². The number of rotatable bonds is 4. The number of nitrogens with one attached hydrogen (secondary N) is 2. The van der Waals surface area contributed by atoms with E-state index in [1.54, 1.807) is 11.8 Å². The molecule has 4 nitrogen and oxygen atoms in total. The Morgan fingerprint density at radius 2 is 1.89 bits per heavy atom. The zero-order chi connectivity index (χ0) is 13.8. The molecule has 0 aliphatic heterocycles. The normalized spacial score (nSPS) is 27.1. The zero-order valence-corrected chi connectivity index (χ0v) is 13.0. The van der Waals surface area contributed by atoms with E-state index >= 15 is 0 Å². The minimum absolute atomic E-state index is 0.542. The third kappa shape index (κ3) is 3.75. The van der Waals surface area contributed by atoms with E-state index in [-0.39, 0.29) is 0 Å². The number of hydrogen-bond acceptors (Lipinski definition) is 5. The van der Waals surface area contributed by atoms with E-state index in [0.29, 0.717) is 6.04 Å². The summed E-state index contributed by atoms with van der Waals surface area (Å²) in [4.78, 5) is 8.93. The first-order chi connectivity index (χ1) is 9.12. The van der Waals surface area contributed by atoms with Crippen molar-refractivity contribution in [2.45, 2.75) is 44.3 Å². The second-order valence-corrected chi connectivity index (χ2v) is 6.26. The van der Waals surface area contributed by atoms with Gasteiger partial charge in [0, 0.05) is 19.2 Å². The van der Waals surface area contributed by atoms with Gasteiger partial charge in [-0.05, 0) is 37.4 Å². The highest BCUT2D eigenvalue weighted by atomic mass is 32.2. The van der Waals surface area contributed by atoms with Crippen LogP contribution in [0.4, 0.5) is 11.6 Å². The molecule has 0 saturated heterocycles. The summed E-state index contributed by atoms with van der Waals surface area (Å²) in [6.45, 7) is 4.71. The maximum absolute atomic E-state index is 4.54. The molecule has 2 rings (SSSR count).